The van der Waals surface area contributed by atoms with Crippen LogP contribution in [0.3, 0.4) is 0 Å². The van der Waals surface area contributed by atoms with Crippen LogP contribution in [-0.2, 0) is 9.53 Å². The molecule has 2 N–H and O–H groups in total. The number of rotatable bonds is 5. The van der Waals surface area contributed by atoms with Gasteiger partial charge in [-0.2, -0.15) is 0 Å². The van der Waals surface area contributed by atoms with Crippen LogP contribution in [0.4, 0.5) is 10.5 Å². The highest BCUT2D eigenvalue weighted by atomic mass is 16.5. The number of carbonyl (C=O) groups excluding carboxylic acids is 2. The molecule has 6 heteroatoms. The molecule has 0 aromatic heterocycles. The zero-order valence-electron chi connectivity index (χ0n) is 17.2. The smallest absolute Gasteiger partial charge is 0.338 e. The molecule has 6 nitrogen and oxygen atoms in total. The quantitative estimate of drug-likeness (QED) is 0.738. The number of nitrogens with one attached hydrogen (secondary N) is 2. The lowest BCUT2D eigenvalue weighted by Gasteiger charge is -2.31. The molecule has 1 unspecified atom stereocenters. The van der Waals surface area contributed by atoms with E-state index in [-0.39, 0.29) is 12.6 Å². The highest BCUT2D eigenvalue weighted by Crippen LogP contribution is 2.33. The fourth-order valence-corrected chi connectivity index (χ4v) is 4.11. The van der Waals surface area contributed by atoms with Gasteiger partial charge in [-0.05, 0) is 49.4 Å². The van der Waals surface area contributed by atoms with Crippen molar-refractivity contribution >= 4 is 23.4 Å². The maximum atomic E-state index is 12.9. The molecular formula is C24H27N3O3. The Morgan fingerprint density at radius 3 is 2.40 bits per heavy atom. The maximum Gasteiger partial charge on any atom is 0.338 e. The van der Waals surface area contributed by atoms with Crippen LogP contribution in [0.15, 0.2) is 60.2 Å². The molecule has 1 fully saturated rings. The average molecular weight is 405 g/mol. The molecule has 4 rings (SSSR count). The van der Waals surface area contributed by atoms with Gasteiger partial charge in [0.15, 0.2) is 0 Å². The highest BCUT2D eigenvalue weighted by Gasteiger charge is 2.34. The van der Waals surface area contributed by atoms with Gasteiger partial charge in [0, 0.05) is 18.8 Å². The molecule has 2 amide bonds. The fourth-order valence-electron chi connectivity index (χ4n) is 4.11. The van der Waals surface area contributed by atoms with Crippen molar-refractivity contribution in [3.63, 3.8) is 0 Å². The number of piperidine rings is 1. The molecule has 0 aliphatic carbocycles. The number of anilines is 1. The second kappa shape index (κ2) is 9.03. The number of benzene rings is 2. The number of nitrogens with zero attached hydrogens (tertiary/aromatic N) is 1. The summed E-state index contributed by atoms with van der Waals surface area (Å²) >= 11 is 0. The van der Waals surface area contributed by atoms with Gasteiger partial charge in [-0.1, -0.05) is 42.5 Å². The Kier molecular flexibility index (Phi) is 6.02. The lowest BCUT2D eigenvalue weighted by molar-refractivity contribution is -0.138. The SMILES string of the molecule is CCOC(=O)C1=C(c2ccccc2)NC(=O)NC1c1ccc(N2CCCCC2)cc1. The minimum atomic E-state index is -0.580. The van der Waals surface area contributed by atoms with Gasteiger partial charge in [0.05, 0.1) is 23.9 Å². The predicted molar refractivity (Wildman–Crippen MR) is 117 cm³/mol. The van der Waals surface area contributed by atoms with Crippen LogP contribution in [0.5, 0.6) is 0 Å². The minimum Gasteiger partial charge on any atom is -0.463 e. The van der Waals surface area contributed by atoms with Crippen LogP contribution in [0.1, 0.15) is 43.4 Å². The van der Waals surface area contributed by atoms with Crippen LogP contribution >= 0.6 is 0 Å². The summed E-state index contributed by atoms with van der Waals surface area (Å²) in [6.07, 6.45) is 3.70. The first-order valence-electron chi connectivity index (χ1n) is 10.6. The molecule has 2 aromatic rings. The number of hydrogen-bond donors (Lipinski definition) is 2. The Labute approximate surface area is 176 Å². The Balaban J connectivity index is 1.72. The number of ether oxygens (including phenoxy) is 1. The molecule has 1 saturated heterocycles. The molecule has 1 atom stereocenters. The van der Waals surface area contributed by atoms with Gasteiger partial charge in [0.2, 0.25) is 0 Å². The van der Waals surface area contributed by atoms with Gasteiger partial charge in [-0.15, -0.1) is 0 Å². The molecule has 2 aliphatic heterocycles. The Morgan fingerprint density at radius 2 is 1.73 bits per heavy atom. The summed E-state index contributed by atoms with van der Waals surface area (Å²) < 4.78 is 5.34. The van der Waals surface area contributed by atoms with Gasteiger partial charge < -0.3 is 20.3 Å². The van der Waals surface area contributed by atoms with Gasteiger partial charge in [0.1, 0.15) is 0 Å². The zero-order chi connectivity index (χ0) is 20.9. The lowest BCUT2D eigenvalue weighted by atomic mass is 9.92. The molecule has 156 valence electrons. The molecule has 2 aromatic carbocycles. The van der Waals surface area contributed by atoms with Crippen molar-refractivity contribution in [3.05, 3.63) is 71.3 Å². The van der Waals surface area contributed by atoms with Crippen LogP contribution in [0.25, 0.3) is 5.70 Å². The van der Waals surface area contributed by atoms with E-state index in [9.17, 15) is 9.59 Å². The van der Waals surface area contributed by atoms with E-state index < -0.39 is 12.0 Å². The second-order valence-corrected chi connectivity index (χ2v) is 7.55. The lowest BCUT2D eigenvalue weighted by Crippen LogP contribution is -2.45. The Morgan fingerprint density at radius 1 is 1.03 bits per heavy atom. The number of hydrogen-bond acceptors (Lipinski definition) is 4. The Hall–Kier alpha value is -3.28. The molecule has 0 radical (unpaired) electrons. The first kappa shape index (κ1) is 20.0. The van der Waals surface area contributed by atoms with Crippen molar-refractivity contribution < 1.29 is 14.3 Å². The third-order valence-corrected chi connectivity index (χ3v) is 5.58. The third-order valence-electron chi connectivity index (χ3n) is 5.58. The van der Waals surface area contributed by atoms with Crippen molar-refractivity contribution in [1.29, 1.82) is 0 Å². The molecule has 0 bridgehead atoms. The molecule has 0 saturated carbocycles. The van der Waals surface area contributed by atoms with Gasteiger partial charge >= 0.3 is 12.0 Å². The van der Waals surface area contributed by atoms with E-state index >= 15 is 0 Å². The number of carbonyl (C=O) groups is 2. The standard InChI is InChI=1S/C24H27N3O3/c1-2-30-23(28)20-21(17-9-5-3-6-10-17)25-24(29)26-22(20)18-11-13-19(14-12-18)27-15-7-4-8-16-27/h3,5-6,9-14,22H,2,4,7-8,15-16H2,1H3,(H2,25,26,29). The third kappa shape index (κ3) is 4.17. The monoisotopic (exact) mass is 405 g/mol. The number of amides is 2. The minimum absolute atomic E-state index is 0.263. The molecule has 2 heterocycles. The van der Waals surface area contributed by atoms with E-state index in [1.54, 1.807) is 6.92 Å². The summed E-state index contributed by atoms with van der Waals surface area (Å²) in [7, 11) is 0. The molecule has 30 heavy (non-hydrogen) atoms. The summed E-state index contributed by atoms with van der Waals surface area (Å²) in [4.78, 5) is 27.7. The first-order chi connectivity index (χ1) is 14.7. The normalized spacial score (nSPS) is 19.2. The van der Waals surface area contributed by atoms with Crippen LogP contribution in [0.2, 0.25) is 0 Å². The second-order valence-electron chi connectivity index (χ2n) is 7.55. The van der Waals surface area contributed by atoms with Crippen molar-refractivity contribution in [3.8, 4) is 0 Å². The van der Waals surface area contributed by atoms with Crippen LogP contribution in [0, 0.1) is 0 Å². The van der Waals surface area contributed by atoms with Gasteiger partial charge in [-0.25, -0.2) is 9.59 Å². The highest BCUT2D eigenvalue weighted by molar-refractivity contribution is 6.04. The molecular weight excluding hydrogens is 378 g/mol. The van der Waals surface area contributed by atoms with E-state index in [1.807, 2.05) is 42.5 Å². The summed E-state index contributed by atoms with van der Waals surface area (Å²) in [6.45, 7) is 4.17. The van der Waals surface area contributed by atoms with Gasteiger partial charge in [-0.3, -0.25) is 0 Å². The summed E-state index contributed by atoms with van der Waals surface area (Å²) in [5, 5.41) is 5.70. The van der Waals surface area contributed by atoms with E-state index in [1.165, 1.54) is 24.9 Å². The zero-order valence-corrected chi connectivity index (χ0v) is 17.2. The van der Waals surface area contributed by atoms with Crippen molar-refractivity contribution in [2.24, 2.45) is 0 Å². The number of urea groups is 1. The van der Waals surface area contributed by atoms with Crippen molar-refractivity contribution in [1.82, 2.24) is 10.6 Å². The van der Waals surface area contributed by atoms with E-state index in [2.05, 4.69) is 27.7 Å². The van der Waals surface area contributed by atoms with Crippen LogP contribution in [-0.4, -0.2) is 31.7 Å². The molecule has 2 aliphatic rings. The van der Waals surface area contributed by atoms with Gasteiger partial charge in [0.25, 0.3) is 0 Å². The topological polar surface area (TPSA) is 70.7 Å². The van der Waals surface area contributed by atoms with Crippen molar-refractivity contribution in [2.75, 3.05) is 24.6 Å². The van der Waals surface area contributed by atoms with E-state index in [0.717, 1.165) is 24.2 Å². The van der Waals surface area contributed by atoms with E-state index in [4.69, 9.17) is 4.74 Å². The maximum absolute atomic E-state index is 12.9. The van der Waals surface area contributed by atoms with E-state index in [0.29, 0.717) is 11.3 Å². The molecule has 0 spiro atoms. The average Bonchev–Trinajstić information content (AvgIpc) is 2.80. The fraction of sp³-hybridized carbons (Fsp3) is 0.333. The Bertz CT molecular complexity index is 932. The summed E-state index contributed by atoms with van der Waals surface area (Å²) in [5.41, 5.74) is 3.69. The summed E-state index contributed by atoms with van der Waals surface area (Å²) in [5.74, 6) is -0.436. The number of esters is 1. The summed E-state index contributed by atoms with van der Waals surface area (Å²) in [6, 6.07) is 16.6. The van der Waals surface area contributed by atoms with Crippen molar-refractivity contribution in [2.45, 2.75) is 32.2 Å². The van der Waals surface area contributed by atoms with Crippen LogP contribution < -0.4 is 15.5 Å². The largest absolute Gasteiger partial charge is 0.463 e. The predicted octanol–water partition coefficient (Wildman–Crippen LogP) is 4.01. The first-order valence-corrected chi connectivity index (χ1v) is 10.6.